The minimum absolute atomic E-state index is 0.258. The number of amides is 1. The van der Waals surface area contributed by atoms with E-state index in [2.05, 4.69) is 10.3 Å². The number of rotatable bonds is 8. The van der Waals surface area contributed by atoms with Gasteiger partial charge in [0.1, 0.15) is 12.4 Å². The predicted octanol–water partition coefficient (Wildman–Crippen LogP) is 2.57. The summed E-state index contributed by atoms with van der Waals surface area (Å²) in [6, 6.07) is 7.07. The van der Waals surface area contributed by atoms with E-state index in [1.54, 1.807) is 38.6 Å². The van der Waals surface area contributed by atoms with Gasteiger partial charge in [0, 0.05) is 20.4 Å². The number of para-hydroxylation sites is 1. The summed E-state index contributed by atoms with van der Waals surface area (Å²) in [6.07, 6.45) is 1.69. The van der Waals surface area contributed by atoms with Crippen molar-refractivity contribution in [1.29, 1.82) is 0 Å². The van der Waals surface area contributed by atoms with Gasteiger partial charge >= 0.3 is 0 Å². The first-order chi connectivity index (χ1) is 10.7. The van der Waals surface area contributed by atoms with Gasteiger partial charge in [-0.2, -0.15) is 0 Å². The van der Waals surface area contributed by atoms with Crippen molar-refractivity contribution < 1.29 is 19.0 Å². The van der Waals surface area contributed by atoms with E-state index in [0.29, 0.717) is 36.3 Å². The van der Waals surface area contributed by atoms with Gasteiger partial charge in [0.25, 0.3) is 5.91 Å². The number of ether oxygens (including phenoxy) is 3. The molecule has 2 rings (SSSR count). The van der Waals surface area contributed by atoms with Crippen LogP contribution >= 0.6 is 11.3 Å². The van der Waals surface area contributed by atoms with Gasteiger partial charge in [0.05, 0.1) is 23.7 Å². The lowest BCUT2D eigenvalue weighted by Gasteiger charge is -2.10. The number of carbonyl (C=O) groups excluding carboxylic acids is 1. The van der Waals surface area contributed by atoms with Crippen LogP contribution < -0.4 is 10.1 Å². The molecule has 1 aromatic carbocycles. The molecule has 6 nitrogen and oxygen atoms in total. The van der Waals surface area contributed by atoms with E-state index >= 15 is 0 Å². The molecule has 0 unspecified atom stereocenters. The van der Waals surface area contributed by atoms with Gasteiger partial charge in [0.15, 0.2) is 5.13 Å². The van der Waals surface area contributed by atoms with Crippen molar-refractivity contribution in [3.8, 4) is 5.75 Å². The fraction of sp³-hybridized carbons (Fsp3) is 0.333. The first-order valence-corrected chi connectivity index (χ1v) is 7.52. The maximum atomic E-state index is 12.3. The molecule has 1 aromatic heterocycles. The molecule has 0 aliphatic heterocycles. The Kier molecular flexibility index (Phi) is 6.32. The second kappa shape index (κ2) is 8.47. The molecule has 0 bridgehead atoms. The molecule has 0 spiro atoms. The summed E-state index contributed by atoms with van der Waals surface area (Å²) in [5.74, 6) is 0.261. The molecule has 0 aliphatic rings. The van der Waals surface area contributed by atoms with Gasteiger partial charge in [-0.1, -0.05) is 23.5 Å². The average molecular weight is 322 g/mol. The van der Waals surface area contributed by atoms with Crippen molar-refractivity contribution in [2.75, 3.05) is 32.8 Å². The zero-order chi connectivity index (χ0) is 15.8. The highest BCUT2D eigenvalue weighted by Gasteiger charge is 2.14. The van der Waals surface area contributed by atoms with E-state index < -0.39 is 0 Å². The van der Waals surface area contributed by atoms with Crippen molar-refractivity contribution in [3.63, 3.8) is 0 Å². The van der Waals surface area contributed by atoms with E-state index in [1.165, 1.54) is 11.3 Å². The van der Waals surface area contributed by atoms with Crippen LogP contribution in [0.3, 0.4) is 0 Å². The molecule has 7 heteroatoms. The summed E-state index contributed by atoms with van der Waals surface area (Å²) in [6.45, 7) is 1.32. The monoisotopic (exact) mass is 322 g/mol. The van der Waals surface area contributed by atoms with Crippen molar-refractivity contribution >= 4 is 22.4 Å². The fourth-order valence-electron chi connectivity index (χ4n) is 1.75. The number of hydrogen-bond donors (Lipinski definition) is 1. The van der Waals surface area contributed by atoms with Gasteiger partial charge in [-0.25, -0.2) is 4.98 Å². The Bertz CT molecular complexity index is 615. The highest BCUT2D eigenvalue weighted by molar-refractivity contribution is 7.15. The number of thiazole rings is 1. The number of aromatic nitrogens is 1. The summed E-state index contributed by atoms with van der Waals surface area (Å²) in [7, 11) is 3.22. The third-order valence-corrected chi connectivity index (χ3v) is 3.62. The molecule has 1 heterocycles. The molecule has 0 saturated carbocycles. The standard InChI is InChI=1S/C15H18N2O4S/c1-19-7-8-21-13-6-4-3-5-12(13)14(18)17-15-16-9-11(22-15)10-20-2/h3-6,9H,7-8,10H2,1-2H3,(H,16,17,18). The molecular weight excluding hydrogens is 304 g/mol. The molecule has 0 atom stereocenters. The van der Waals surface area contributed by atoms with Crippen molar-refractivity contribution in [2.45, 2.75) is 6.61 Å². The Morgan fingerprint density at radius 1 is 1.23 bits per heavy atom. The Morgan fingerprint density at radius 3 is 2.82 bits per heavy atom. The van der Waals surface area contributed by atoms with Crippen LogP contribution in [0.25, 0.3) is 0 Å². The highest BCUT2D eigenvalue weighted by Crippen LogP contribution is 2.22. The largest absolute Gasteiger partial charge is 0.490 e. The first kappa shape index (κ1) is 16.4. The van der Waals surface area contributed by atoms with Crippen LogP contribution in [0.1, 0.15) is 15.2 Å². The van der Waals surface area contributed by atoms with Gasteiger partial charge in [-0.3, -0.25) is 10.1 Å². The molecule has 1 amide bonds. The average Bonchev–Trinajstić information content (AvgIpc) is 2.95. The van der Waals surface area contributed by atoms with Crippen LogP contribution in [0.15, 0.2) is 30.5 Å². The molecule has 0 saturated heterocycles. The summed E-state index contributed by atoms with van der Waals surface area (Å²) in [4.78, 5) is 17.4. The normalized spacial score (nSPS) is 10.5. The molecule has 0 fully saturated rings. The third-order valence-electron chi connectivity index (χ3n) is 2.74. The molecular formula is C15H18N2O4S. The quantitative estimate of drug-likeness (QED) is 0.756. The van der Waals surface area contributed by atoms with Crippen LogP contribution in [0.4, 0.5) is 5.13 Å². The van der Waals surface area contributed by atoms with Crippen LogP contribution in [-0.2, 0) is 16.1 Å². The van der Waals surface area contributed by atoms with Crippen LogP contribution in [-0.4, -0.2) is 38.3 Å². The molecule has 118 valence electrons. The Balaban J connectivity index is 2.04. The van der Waals surface area contributed by atoms with E-state index in [0.717, 1.165) is 4.88 Å². The maximum Gasteiger partial charge on any atom is 0.261 e. The summed E-state index contributed by atoms with van der Waals surface area (Å²) in [5.41, 5.74) is 0.460. The minimum atomic E-state index is -0.258. The molecule has 1 N–H and O–H groups in total. The summed E-state index contributed by atoms with van der Waals surface area (Å²) in [5, 5.41) is 3.30. The Hall–Kier alpha value is -1.96. The maximum absolute atomic E-state index is 12.3. The third kappa shape index (κ3) is 4.52. The van der Waals surface area contributed by atoms with E-state index in [9.17, 15) is 4.79 Å². The summed E-state index contributed by atoms with van der Waals surface area (Å²) < 4.78 is 15.5. The number of hydrogen-bond acceptors (Lipinski definition) is 6. The number of nitrogens with zero attached hydrogens (tertiary/aromatic N) is 1. The predicted molar refractivity (Wildman–Crippen MR) is 84.6 cm³/mol. The SMILES string of the molecule is COCCOc1ccccc1C(=O)Nc1ncc(COC)s1. The van der Waals surface area contributed by atoms with Gasteiger partial charge in [-0.05, 0) is 12.1 Å². The van der Waals surface area contributed by atoms with Crippen LogP contribution in [0.2, 0.25) is 0 Å². The lowest BCUT2D eigenvalue weighted by atomic mass is 10.2. The molecule has 2 aromatic rings. The molecule has 0 aliphatic carbocycles. The van der Waals surface area contributed by atoms with Gasteiger partial charge in [-0.15, -0.1) is 0 Å². The molecule has 0 radical (unpaired) electrons. The van der Waals surface area contributed by atoms with Crippen molar-refractivity contribution in [1.82, 2.24) is 4.98 Å². The highest BCUT2D eigenvalue weighted by atomic mass is 32.1. The van der Waals surface area contributed by atoms with Gasteiger partial charge in [0.2, 0.25) is 0 Å². The number of benzene rings is 1. The number of anilines is 1. The number of methoxy groups -OCH3 is 2. The lowest BCUT2D eigenvalue weighted by Crippen LogP contribution is -2.14. The Labute approximate surface area is 133 Å². The van der Waals surface area contributed by atoms with E-state index in [1.807, 2.05) is 6.07 Å². The lowest BCUT2D eigenvalue weighted by molar-refractivity contribution is 0.101. The summed E-state index contributed by atoms with van der Waals surface area (Å²) >= 11 is 1.38. The second-order valence-electron chi connectivity index (χ2n) is 4.36. The zero-order valence-corrected chi connectivity index (χ0v) is 13.3. The topological polar surface area (TPSA) is 69.7 Å². The minimum Gasteiger partial charge on any atom is -0.490 e. The molecule has 22 heavy (non-hydrogen) atoms. The van der Waals surface area contributed by atoms with Crippen LogP contribution in [0, 0.1) is 0 Å². The van der Waals surface area contributed by atoms with Crippen molar-refractivity contribution in [3.05, 3.63) is 40.9 Å². The number of carbonyl (C=O) groups is 1. The second-order valence-corrected chi connectivity index (χ2v) is 5.47. The zero-order valence-electron chi connectivity index (χ0n) is 12.5. The van der Waals surface area contributed by atoms with E-state index in [4.69, 9.17) is 14.2 Å². The number of nitrogens with one attached hydrogen (secondary N) is 1. The van der Waals surface area contributed by atoms with Crippen molar-refractivity contribution in [2.24, 2.45) is 0 Å². The fourth-order valence-corrected chi connectivity index (χ4v) is 2.53. The van der Waals surface area contributed by atoms with Gasteiger partial charge < -0.3 is 14.2 Å². The smallest absolute Gasteiger partial charge is 0.261 e. The first-order valence-electron chi connectivity index (χ1n) is 6.70. The van der Waals surface area contributed by atoms with E-state index in [-0.39, 0.29) is 5.91 Å². The Morgan fingerprint density at radius 2 is 2.05 bits per heavy atom. The van der Waals surface area contributed by atoms with Crippen LogP contribution in [0.5, 0.6) is 5.75 Å².